The molecule has 0 aliphatic rings. The van der Waals surface area contributed by atoms with Gasteiger partial charge in [0, 0.05) is 19.3 Å². The number of Topliss-reactive ketones (excluding diaryl/α,β-unsaturated/α-hetero) is 1. The molecule has 37 heavy (non-hydrogen) atoms. The summed E-state index contributed by atoms with van der Waals surface area (Å²) >= 11 is 0. The predicted molar refractivity (Wildman–Crippen MR) is 140 cm³/mol. The number of nitrogens with one attached hydrogen (secondary N) is 2. The van der Waals surface area contributed by atoms with E-state index in [-0.39, 0.29) is 24.2 Å². The van der Waals surface area contributed by atoms with Gasteiger partial charge in [0.1, 0.15) is 0 Å². The summed E-state index contributed by atoms with van der Waals surface area (Å²) < 4.78 is 1.52. The minimum atomic E-state index is -0.649. The van der Waals surface area contributed by atoms with Gasteiger partial charge in [0.05, 0.1) is 46.6 Å². The van der Waals surface area contributed by atoms with E-state index in [1.807, 2.05) is 42.5 Å². The van der Waals surface area contributed by atoms with Crippen molar-refractivity contribution in [2.75, 3.05) is 13.1 Å². The number of fused-ring (bicyclic) bond motifs is 1. The maximum absolute atomic E-state index is 13.8. The lowest BCUT2D eigenvalue weighted by molar-refractivity contribution is 0.0922. The van der Waals surface area contributed by atoms with Gasteiger partial charge >= 0.3 is 0 Å². The summed E-state index contributed by atoms with van der Waals surface area (Å²) in [6, 6.07) is 21.9. The van der Waals surface area contributed by atoms with Crippen molar-refractivity contribution in [1.29, 1.82) is 5.26 Å². The lowest BCUT2D eigenvalue weighted by atomic mass is 9.95. The van der Waals surface area contributed by atoms with Crippen LogP contribution >= 0.6 is 0 Å². The molecule has 2 aromatic heterocycles. The zero-order chi connectivity index (χ0) is 26.4. The van der Waals surface area contributed by atoms with Crippen LogP contribution in [0.1, 0.15) is 63.2 Å². The molecule has 2 heterocycles. The zero-order valence-electron chi connectivity index (χ0n) is 20.8. The molecular formula is C29H29N5O3. The number of hydrogen-bond acceptors (Lipinski definition) is 6. The van der Waals surface area contributed by atoms with Crippen molar-refractivity contribution in [3.8, 4) is 6.07 Å². The average Bonchev–Trinajstić information content (AvgIpc) is 3.35. The highest BCUT2D eigenvalue weighted by molar-refractivity contribution is 6.06. The molecule has 0 radical (unpaired) electrons. The van der Waals surface area contributed by atoms with Gasteiger partial charge in [-0.3, -0.25) is 9.59 Å². The number of carbonyl (C=O) groups excluding carboxylic acids is 2. The summed E-state index contributed by atoms with van der Waals surface area (Å²) in [4.78, 5) is 26.2. The number of ketones is 1. The normalized spacial score (nSPS) is 13.5. The maximum Gasteiger partial charge on any atom is 0.252 e. The van der Waals surface area contributed by atoms with E-state index < -0.39 is 12.1 Å². The first-order valence-electron chi connectivity index (χ1n) is 12.1. The van der Waals surface area contributed by atoms with E-state index in [1.165, 1.54) is 10.7 Å². The molecule has 1 amide bonds. The molecule has 8 nitrogen and oxygen atoms in total. The molecule has 2 unspecified atom stereocenters. The van der Waals surface area contributed by atoms with Gasteiger partial charge < -0.3 is 15.7 Å². The summed E-state index contributed by atoms with van der Waals surface area (Å²) in [6.45, 7) is 4.35. The molecule has 188 valence electrons. The molecule has 8 heteroatoms. The zero-order valence-corrected chi connectivity index (χ0v) is 20.8. The Morgan fingerprint density at radius 3 is 2.41 bits per heavy atom. The first-order valence-corrected chi connectivity index (χ1v) is 12.1. The van der Waals surface area contributed by atoms with Gasteiger partial charge in [0.25, 0.3) is 5.91 Å². The van der Waals surface area contributed by atoms with Crippen LogP contribution in [0.4, 0.5) is 0 Å². The summed E-state index contributed by atoms with van der Waals surface area (Å²) in [5, 5.41) is 28.9. The largest absolute Gasteiger partial charge is 0.392 e. The van der Waals surface area contributed by atoms with Crippen molar-refractivity contribution in [3.63, 3.8) is 0 Å². The van der Waals surface area contributed by atoms with E-state index in [0.29, 0.717) is 28.8 Å². The molecule has 0 saturated carbocycles. The number of aliphatic hydroxyl groups excluding tert-OH is 1. The van der Waals surface area contributed by atoms with E-state index in [2.05, 4.69) is 28.7 Å². The Labute approximate surface area is 215 Å². The van der Waals surface area contributed by atoms with Crippen molar-refractivity contribution >= 4 is 17.2 Å². The smallest absolute Gasteiger partial charge is 0.252 e. The fourth-order valence-corrected chi connectivity index (χ4v) is 4.11. The van der Waals surface area contributed by atoms with E-state index in [0.717, 1.165) is 11.1 Å². The van der Waals surface area contributed by atoms with Crippen LogP contribution in [0, 0.1) is 11.3 Å². The van der Waals surface area contributed by atoms with Crippen LogP contribution in [-0.4, -0.2) is 45.6 Å². The average molecular weight is 496 g/mol. The van der Waals surface area contributed by atoms with E-state index in [1.54, 1.807) is 37.4 Å². The van der Waals surface area contributed by atoms with Crippen LogP contribution in [0.5, 0.6) is 0 Å². The lowest BCUT2D eigenvalue weighted by Crippen LogP contribution is -2.31. The second-order valence-electron chi connectivity index (χ2n) is 9.12. The third-order valence-electron chi connectivity index (χ3n) is 6.23. The molecule has 0 fully saturated rings. The maximum atomic E-state index is 13.8. The predicted octanol–water partition coefficient (Wildman–Crippen LogP) is 3.63. The van der Waals surface area contributed by atoms with Gasteiger partial charge in [-0.2, -0.15) is 10.4 Å². The number of nitrogens with zero attached hydrogens (tertiary/aromatic N) is 3. The number of rotatable bonds is 10. The summed E-state index contributed by atoms with van der Waals surface area (Å²) in [5.41, 5.74) is 3.95. The quantitative estimate of drug-likeness (QED) is 0.289. The Balaban J connectivity index is 1.56. The Morgan fingerprint density at radius 1 is 1.00 bits per heavy atom. The number of amides is 1. The molecule has 4 rings (SSSR count). The Morgan fingerprint density at radius 2 is 1.73 bits per heavy atom. The Kier molecular flexibility index (Phi) is 8.08. The number of aliphatic hydroxyl groups is 1. The number of carbonyl (C=O) groups is 2. The lowest BCUT2D eigenvalue weighted by Gasteiger charge is -2.21. The molecule has 0 aliphatic carbocycles. The van der Waals surface area contributed by atoms with Gasteiger partial charge in [-0.05, 0) is 48.2 Å². The number of nitriles is 1. The Hall–Kier alpha value is -4.32. The number of benzene rings is 2. The molecule has 0 bridgehead atoms. The number of pyridine rings is 1. The number of hydrogen-bond donors (Lipinski definition) is 3. The molecule has 2 aromatic carbocycles. The summed E-state index contributed by atoms with van der Waals surface area (Å²) in [7, 11) is 0. The third kappa shape index (κ3) is 6.09. The topological polar surface area (TPSA) is 120 Å². The van der Waals surface area contributed by atoms with Crippen LogP contribution in [0.2, 0.25) is 0 Å². The van der Waals surface area contributed by atoms with Crippen LogP contribution in [0.25, 0.3) is 5.52 Å². The van der Waals surface area contributed by atoms with Gasteiger partial charge in [0.15, 0.2) is 5.78 Å². The summed E-state index contributed by atoms with van der Waals surface area (Å²) in [5.74, 6) is -0.343. The van der Waals surface area contributed by atoms with E-state index in [4.69, 9.17) is 5.26 Å². The van der Waals surface area contributed by atoms with Gasteiger partial charge in [-0.1, -0.05) is 49.4 Å². The first-order chi connectivity index (χ1) is 17.9. The molecule has 4 aromatic rings. The van der Waals surface area contributed by atoms with Crippen LogP contribution in [0.15, 0.2) is 79.1 Å². The van der Waals surface area contributed by atoms with Crippen molar-refractivity contribution in [1.82, 2.24) is 20.2 Å². The fourth-order valence-electron chi connectivity index (χ4n) is 4.11. The van der Waals surface area contributed by atoms with Gasteiger partial charge in [-0.15, -0.1) is 0 Å². The number of aromatic nitrogens is 2. The second-order valence-corrected chi connectivity index (χ2v) is 9.12. The highest BCUT2D eigenvalue weighted by atomic mass is 16.3. The SMILES string of the molecule is CC(CNC(C(=O)c1cnn2cc(C(=O)NC[C@@H](C)O)ccc12)c1ccccc1)c1ccc(C#N)cc1. The Bertz CT molecular complexity index is 1420. The minimum absolute atomic E-state index is 0.110. The highest BCUT2D eigenvalue weighted by Crippen LogP contribution is 2.24. The van der Waals surface area contributed by atoms with Gasteiger partial charge in [0.2, 0.25) is 0 Å². The van der Waals surface area contributed by atoms with Crippen LogP contribution in [0.3, 0.4) is 0 Å². The molecular weight excluding hydrogens is 466 g/mol. The van der Waals surface area contributed by atoms with Gasteiger partial charge in [-0.25, -0.2) is 4.52 Å². The minimum Gasteiger partial charge on any atom is -0.392 e. The molecule has 3 N–H and O–H groups in total. The molecule has 0 aliphatic heterocycles. The first kappa shape index (κ1) is 25.8. The summed E-state index contributed by atoms with van der Waals surface area (Å²) in [6.07, 6.45) is 2.45. The van der Waals surface area contributed by atoms with E-state index in [9.17, 15) is 14.7 Å². The van der Waals surface area contributed by atoms with Crippen molar-refractivity contribution < 1.29 is 14.7 Å². The highest BCUT2D eigenvalue weighted by Gasteiger charge is 2.25. The molecule has 3 atom stereocenters. The fraction of sp³-hybridized carbons (Fsp3) is 0.241. The van der Waals surface area contributed by atoms with Crippen LogP contribution < -0.4 is 10.6 Å². The van der Waals surface area contributed by atoms with Crippen LogP contribution in [-0.2, 0) is 0 Å². The standard InChI is InChI=1S/C29H29N5O3/c1-19(22-10-8-21(14-30)9-11-22)15-31-27(23-6-4-3-5-7-23)28(36)25-17-33-34-18-24(12-13-26(25)34)29(37)32-16-20(2)35/h3-13,17-20,27,31,35H,15-16H2,1-2H3,(H,32,37)/t19?,20-,27?/m1/s1. The molecule has 0 spiro atoms. The van der Waals surface area contributed by atoms with Crippen molar-refractivity contribution in [2.24, 2.45) is 0 Å². The third-order valence-corrected chi connectivity index (χ3v) is 6.23. The second kappa shape index (κ2) is 11.6. The van der Waals surface area contributed by atoms with Crippen molar-refractivity contribution in [3.05, 3.63) is 107 Å². The van der Waals surface area contributed by atoms with Crippen molar-refractivity contribution in [2.45, 2.75) is 31.9 Å². The molecule has 0 saturated heterocycles. The van der Waals surface area contributed by atoms with E-state index >= 15 is 0 Å². The monoisotopic (exact) mass is 495 g/mol.